The Hall–Kier alpha value is -2.04. The summed E-state index contributed by atoms with van der Waals surface area (Å²) < 4.78 is 5.42. The van der Waals surface area contributed by atoms with E-state index < -0.39 is 0 Å². The van der Waals surface area contributed by atoms with Crippen LogP contribution in [0.25, 0.3) is 0 Å². The quantitative estimate of drug-likeness (QED) is 0.852. The molecule has 2 fully saturated rings. The van der Waals surface area contributed by atoms with Crippen LogP contribution in [0.4, 0.5) is 0 Å². The van der Waals surface area contributed by atoms with Crippen molar-refractivity contribution in [1.29, 1.82) is 0 Å². The highest BCUT2D eigenvalue weighted by molar-refractivity contribution is 5.89. The van der Waals surface area contributed by atoms with E-state index in [1.165, 1.54) is 0 Å². The van der Waals surface area contributed by atoms with Gasteiger partial charge in [-0.05, 0) is 44.4 Å². The molecule has 0 N–H and O–H groups in total. The van der Waals surface area contributed by atoms with Gasteiger partial charge in [-0.15, -0.1) is 0 Å². The third-order valence-corrected chi connectivity index (χ3v) is 4.80. The van der Waals surface area contributed by atoms with Crippen molar-refractivity contribution >= 4 is 11.8 Å². The Balaban J connectivity index is 1.66. The molecule has 0 radical (unpaired) electrons. The zero-order valence-corrected chi connectivity index (χ0v) is 13.8. The standard InChI is InChI=1S/C18H24N2O3/c1-3-23-16-8-6-14(7-9-16)11-17(21)20-12-15-5-4-10-19(15)18(22)13(20)2/h6-9,13,15H,3-5,10-12H2,1-2H3/t13-,15-/m0/s1. The maximum atomic E-state index is 12.6. The summed E-state index contributed by atoms with van der Waals surface area (Å²) in [5.74, 6) is 0.937. The molecule has 124 valence electrons. The van der Waals surface area contributed by atoms with Crippen LogP contribution in [0.5, 0.6) is 5.75 Å². The first-order chi connectivity index (χ1) is 11.1. The van der Waals surface area contributed by atoms with Gasteiger partial charge in [0.15, 0.2) is 0 Å². The summed E-state index contributed by atoms with van der Waals surface area (Å²) in [6.07, 6.45) is 2.38. The number of carbonyl (C=O) groups excluding carboxylic acids is 2. The highest BCUT2D eigenvalue weighted by Crippen LogP contribution is 2.26. The molecule has 5 heteroatoms. The Labute approximate surface area is 137 Å². The Kier molecular flexibility index (Phi) is 4.55. The van der Waals surface area contributed by atoms with Crippen molar-refractivity contribution in [3.8, 4) is 5.75 Å². The third kappa shape index (κ3) is 3.19. The number of piperazine rings is 1. The van der Waals surface area contributed by atoms with E-state index in [9.17, 15) is 9.59 Å². The van der Waals surface area contributed by atoms with Crippen molar-refractivity contribution in [3.05, 3.63) is 29.8 Å². The average Bonchev–Trinajstić information content (AvgIpc) is 3.01. The molecule has 0 saturated carbocycles. The summed E-state index contributed by atoms with van der Waals surface area (Å²) in [7, 11) is 0. The Morgan fingerprint density at radius 2 is 2.04 bits per heavy atom. The van der Waals surface area contributed by atoms with E-state index in [4.69, 9.17) is 4.74 Å². The first kappa shape index (κ1) is 15.8. The molecule has 2 atom stereocenters. The molecule has 2 aliphatic rings. The molecule has 3 rings (SSSR count). The number of nitrogens with zero attached hydrogens (tertiary/aromatic N) is 2. The van der Waals surface area contributed by atoms with Crippen LogP contribution in [0.15, 0.2) is 24.3 Å². The van der Waals surface area contributed by atoms with E-state index >= 15 is 0 Å². The summed E-state index contributed by atoms with van der Waals surface area (Å²) in [5.41, 5.74) is 0.951. The van der Waals surface area contributed by atoms with Gasteiger partial charge in [0.2, 0.25) is 11.8 Å². The summed E-state index contributed by atoms with van der Waals surface area (Å²) in [6.45, 7) is 5.92. The lowest BCUT2D eigenvalue weighted by Gasteiger charge is -2.41. The van der Waals surface area contributed by atoms with Crippen molar-refractivity contribution in [2.45, 2.75) is 45.2 Å². The SMILES string of the molecule is CCOc1ccc(CC(=O)N2C[C@@H]3CCCN3C(=O)[C@@H]2C)cc1. The van der Waals surface area contributed by atoms with Crippen LogP contribution in [0.2, 0.25) is 0 Å². The molecule has 0 spiro atoms. The molecule has 2 saturated heterocycles. The maximum Gasteiger partial charge on any atom is 0.245 e. The van der Waals surface area contributed by atoms with Gasteiger partial charge in [0.05, 0.1) is 13.0 Å². The van der Waals surface area contributed by atoms with Crippen molar-refractivity contribution < 1.29 is 14.3 Å². The molecule has 2 amide bonds. The predicted molar refractivity (Wildman–Crippen MR) is 87.2 cm³/mol. The van der Waals surface area contributed by atoms with E-state index in [0.29, 0.717) is 19.6 Å². The number of carbonyl (C=O) groups is 2. The molecule has 0 bridgehead atoms. The fraction of sp³-hybridized carbons (Fsp3) is 0.556. The molecule has 2 heterocycles. The van der Waals surface area contributed by atoms with Gasteiger partial charge in [-0.25, -0.2) is 0 Å². The maximum absolute atomic E-state index is 12.6. The molecule has 23 heavy (non-hydrogen) atoms. The van der Waals surface area contributed by atoms with Gasteiger partial charge < -0.3 is 14.5 Å². The van der Waals surface area contributed by atoms with Crippen molar-refractivity contribution in [3.63, 3.8) is 0 Å². The first-order valence-electron chi connectivity index (χ1n) is 8.42. The molecule has 1 aromatic rings. The smallest absolute Gasteiger partial charge is 0.245 e. The second kappa shape index (κ2) is 6.60. The van der Waals surface area contributed by atoms with Gasteiger partial charge in [-0.2, -0.15) is 0 Å². The van der Waals surface area contributed by atoms with Crippen LogP contribution < -0.4 is 4.74 Å². The summed E-state index contributed by atoms with van der Waals surface area (Å²) in [5, 5.41) is 0. The summed E-state index contributed by atoms with van der Waals surface area (Å²) in [6, 6.07) is 7.47. The number of rotatable bonds is 4. The number of hydrogen-bond acceptors (Lipinski definition) is 3. The fourth-order valence-corrected chi connectivity index (χ4v) is 3.54. The monoisotopic (exact) mass is 316 g/mol. The zero-order chi connectivity index (χ0) is 16.4. The van der Waals surface area contributed by atoms with Crippen molar-refractivity contribution in [2.24, 2.45) is 0 Å². The van der Waals surface area contributed by atoms with Crippen LogP contribution in [0, 0.1) is 0 Å². The van der Waals surface area contributed by atoms with E-state index in [1.807, 2.05) is 43.0 Å². The van der Waals surface area contributed by atoms with E-state index in [0.717, 1.165) is 30.7 Å². The first-order valence-corrected chi connectivity index (χ1v) is 8.42. The van der Waals surface area contributed by atoms with Crippen LogP contribution in [0.1, 0.15) is 32.3 Å². The minimum atomic E-state index is -0.348. The minimum Gasteiger partial charge on any atom is -0.494 e. The average molecular weight is 316 g/mol. The fourth-order valence-electron chi connectivity index (χ4n) is 3.54. The van der Waals surface area contributed by atoms with Gasteiger partial charge in [0, 0.05) is 19.1 Å². The van der Waals surface area contributed by atoms with Gasteiger partial charge in [0.1, 0.15) is 11.8 Å². The molecular formula is C18H24N2O3. The highest BCUT2D eigenvalue weighted by Gasteiger charge is 2.41. The minimum absolute atomic E-state index is 0.0292. The Morgan fingerprint density at radius 1 is 1.30 bits per heavy atom. The van der Waals surface area contributed by atoms with Gasteiger partial charge in [-0.1, -0.05) is 12.1 Å². The topological polar surface area (TPSA) is 49.9 Å². The number of ether oxygens (including phenoxy) is 1. The van der Waals surface area contributed by atoms with E-state index in [2.05, 4.69) is 0 Å². The molecule has 0 aliphatic carbocycles. The molecule has 2 aliphatic heterocycles. The summed E-state index contributed by atoms with van der Waals surface area (Å²) in [4.78, 5) is 28.8. The summed E-state index contributed by atoms with van der Waals surface area (Å²) >= 11 is 0. The lowest BCUT2D eigenvalue weighted by molar-refractivity contribution is -0.152. The normalized spacial score (nSPS) is 23.8. The lowest BCUT2D eigenvalue weighted by Crippen LogP contribution is -2.60. The van der Waals surface area contributed by atoms with Gasteiger partial charge in [-0.3, -0.25) is 9.59 Å². The third-order valence-electron chi connectivity index (χ3n) is 4.80. The number of benzene rings is 1. The number of amides is 2. The van der Waals surface area contributed by atoms with Gasteiger partial charge in [0.25, 0.3) is 0 Å². The zero-order valence-electron chi connectivity index (χ0n) is 13.8. The molecule has 0 aromatic heterocycles. The highest BCUT2D eigenvalue weighted by atomic mass is 16.5. The molecule has 0 unspecified atom stereocenters. The number of fused-ring (bicyclic) bond motifs is 1. The van der Waals surface area contributed by atoms with Gasteiger partial charge >= 0.3 is 0 Å². The second-order valence-corrected chi connectivity index (χ2v) is 6.30. The van der Waals surface area contributed by atoms with Crippen LogP contribution in [-0.2, 0) is 16.0 Å². The van der Waals surface area contributed by atoms with Crippen LogP contribution in [0.3, 0.4) is 0 Å². The Morgan fingerprint density at radius 3 is 2.74 bits per heavy atom. The Bertz CT molecular complexity index is 584. The van der Waals surface area contributed by atoms with E-state index in [-0.39, 0.29) is 23.9 Å². The molecule has 1 aromatic carbocycles. The second-order valence-electron chi connectivity index (χ2n) is 6.30. The van der Waals surface area contributed by atoms with Crippen LogP contribution in [-0.4, -0.2) is 53.4 Å². The molecule has 5 nitrogen and oxygen atoms in total. The van der Waals surface area contributed by atoms with E-state index in [1.54, 1.807) is 4.90 Å². The van der Waals surface area contributed by atoms with Crippen LogP contribution >= 0.6 is 0 Å². The largest absolute Gasteiger partial charge is 0.494 e. The molecular weight excluding hydrogens is 292 g/mol. The van der Waals surface area contributed by atoms with Crippen molar-refractivity contribution in [1.82, 2.24) is 9.80 Å². The lowest BCUT2D eigenvalue weighted by atomic mass is 10.0. The predicted octanol–water partition coefficient (Wildman–Crippen LogP) is 1.85. The number of hydrogen-bond donors (Lipinski definition) is 0. The van der Waals surface area contributed by atoms with Crippen molar-refractivity contribution in [2.75, 3.05) is 19.7 Å².